The number of carboxylic acids is 1. The Morgan fingerprint density at radius 2 is 1.74 bits per heavy atom. The fourth-order valence-corrected chi connectivity index (χ4v) is 7.44. The number of fused-ring (bicyclic) bond motifs is 2. The van der Waals surface area contributed by atoms with Gasteiger partial charge in [-0.25, -0.2) is 9.18 Å². The standard InChI is InChI=1S/C31H39Cl2FN2O4.C2HF3O2/c1-17(2)14-30(3,4)15-26-31(21-12-23(34)22(33)13-24(21)35-29(31)40)27(18-7-5-8-19(32)11-18)28(36-26)25(39)10-6-9-20(38)16-37;3-2(4,5)1(6)7/h5,7-8,11-13,17,20,26-28,36-38H,6,9-10,14-16H2,1-4H3,(H,35,40);(H,6,7)/t20-,26+,27-,28-,31-;/m0./s1. The van der Waals surface area contributed by atoms with Gasteiger partial charge >= 0.3 is 12.1 Å². The van der Waals surface area contributed by atoms with Crippen LogP contribution in [0.5, 0.6) is 0 Å². The number of rotatable bonds is 11. The number of carbonyl (C=O) groups excluding carboxylic acids is 2. The summed E-state index contributed by atoms with van der Waals surface area (Å²) in [7, 11) is 0. The molecule has 0 aliphatic carbocycles. The Hall–Kier alpha value is -2.77. The zero-order valence-electron chi connectivity index (χ0n) is 26.4. The van der Waals surface area contributed by atoms with Crippen molar-refractivity contribution in [2.45, 2.75) is 95.5 Å². The van der Waals surface area contributed by atoms with E-state index in [4.69, 9.17) is 33.1 Å². The first-order valence-electron chi connectivity index (χ1n) is 15.2. The minimum Gasteiger partial charge on any atom is -0.475 e. The highest BCUT2D eigenvalue weighted by molar-refractivity contribution is 6.31. The molecule has 5 atom stereocenters. The first-order chi connectivity index (χ1) is 21.7. The van der Waals surface area contributed by atoms with Crippen molar-refractivity contribution in [2.75, 3.05) is 11.9 Å². The Balaban J connectivity index is 0.000000771. The van der Waals surface area contributed by atoms with E-state index in [-0.39, 0.29) is 41.6 Å². The van der Waals surface area contributed by atoms with E-state index in [0.29, 0.717) is 40.6 Å². The Kier molecular flexibility index (Phi) is 12.5. The van der Waals surface area contributed by atoms with Crippen molar-refractivity contribution in [3.05, 3.63) is 63.4 Å². The molecule has 1 amide bonds. The maximum absolute atomic E-state index is 15.1. The van der Waals surface area contributed by atoms with Crippen LogP contribution in [-0.2, 0) is 19.8 Å². The summed E-state index contributed by atoms with van der Waals surface area (Å²) in [4.78, 5) is 37.0. The number of aliphatic hydroxyl groups is 2. The average Bonchev–Trinajstić information content (AvgIpc) is 3.42. The van der Waals surface area contributed by atoms with Crippen LogP contribution in [-0.4, -0.2) is 64.0 Å². The van der Waals surface area contributed by atoms with Crippen LogP contribution in [0.1, 0.15) is 76.8 Å². The van der Waals surface area contributed by atoms with Gasteiger partial charge in [0.1, 0.15) is 17.0 Å². The van der Waals surface area contributed by atoms with Crippen LogP contribution in [0.25, 0.3) is 0 Å². The van der Waals surface area contributed by atoms with Gasteiger partial charge in [0.25, 0.3) is 0 Å². The molecule has 2 heterocycles. The number of Topliss-reactive ketones (excluding diaryl/α,β-unsaturated/α-hetero) is 1. The first kappa shape index (κ1) is 38.7. The molecule has 0 radical (unpaired) electrons. The van der Waals surface area contributed by atoms with Crippen molar-refractivity contribution in [1.29, 1.82) is 0 Å². The van der Waals surface area contributed by atoms with Crippen LogP contribution in [0.4, 0.5) is 23.2 Å². The zero-order chi connectivity index (χ0) is 35.5. The van der Waals surface area contributed by atoms with Crippen LogP contribution in [0, 0.1) is 17.2 Å². The number of nitrogens with one attached hydrogen (secondary N) is 2. The highest BCUT2D eigenvalue weighted by atomic mass is 35.5. The predicted octanol–water partition coefficient (Wildman–Crippen LogP) is 6.63. The van der Waals surface area contributed by atoms with Gasteiger partial charge in [-0.15, -0.1) is 0 Å². The van der Waals surface area contributed by atoms with Crippen molar-refractivity contribution in [3.63, 3.8) is 0 Å². The van der Waals surface area contributed by atoms with E-state index in [1.54, 1.807) is 18.2 Å². The van der Waals surface area contributed by atoms with E-state index in [1.807, 2.05) is 6.07 Å². The summed E-state index contributed by atoms with van der Waals surface area (Å²) in [5.41, 5.74) is 0.125. The van der Waals surface area contributed by atoms with Crippen molar-refractivity contribution < 1.29 is 47.3 Å². The Labute approximate surface area is 280 Å². The number of amides is 1. The fraction of sp³-hybridized carbons (Fsp3) is 0.545. The maximum Gasteiger partial charge on any atom is 0.490 e. The quantitative estimate of drug-likeness (QED) is 0.166. The summed E-state index contributed by atoms with van der Waals surface area (Å²) in [5, 5.41) is 33.0. The van der Waals surface area contributed by atoms with E-state index in [2.05, 4.69) is 38.3 Å². The van der Waals surface area contributed by atoms with Gasteiger partial charge in [-0.2, -0.15) is 13.2 Å². The lowest BCUT2D eigenvalue weighted by Crippen LogP contribution is -2.50. The number of benzene rings is 2. The summed E-state index contributed by atoms with van der Waals surface area (Å²) in [6.45, 7) is 8.23. The van der Waals surface area contributed by atoms with Gasteiger partial charge in [0.15, 0.2) is 0 Å². The van der Waals surface area contributed by atoms with Crippen molar-refractivity contribution in [3.8, 4) is 0 Å². The number of alkyl halides is 3. The van der Waals surface area contributed by atoms with Crippen molar-refractivity contribution >= 4 is 46.5 Å². The third kappa shape index (κ3) is 8.83. The van der Waals surface area contributed by atoms with Gasteiger partial charge < -0.3 is 26.0 Å². The molecule has 47 heavy (non-hydrogen) atoms. The van der Waals surface area contributed by atoms with Gasteiger partial charge in [0.05, 0.1) is 23.8 Å². The minimum atomic E-state index is -5.08. The second-order valence-corrected chi connectivity index (χ2v) is 14.2. The first-order valence-corrected chi connectivity index (χ1v) is 15.9. The lowest BCUT2D eigenvalue weighted by atomic mass is 9.61. The third-order valence-corrected chi connectivity index (χ3v) is 9.10. The molecule has 4 rings (SSSR count). The summed E-state index contributed by atoms with van der Waals surface area (Å²) in [5.74, 6) is -4.08. The molecule has 0 bridgehead atoms. The molecular formula is C33H40Cl2F4N2O6. The topological polar surface area (TPSA) is 136 Å². The number of aliphatic carboxylic acids is 1. The number of carbonyl (C=O) groups is 3. The molecule has 1 saturated heterocycles. The molecule has 0 unspecified atom stereocenters. The van der Waals surface area contributed by atoms with Gasteiger partial charge in [0, 0.05) is 29.1 Å². The summed E-state index contributed by atoms with van der Waals surface area (Å²) in [6.07, 6.45) is -3.72. The van der Waals surface area contributed by atoms with Crippen molar-refractivity contribution in [2.24, 2.45) is 11.3 Å². The molecule has 5 N–H and O–H groups in total. The molecule has 8 nitrogen and oxygen atoms in total. The monoisotopic (exact) mass is 706 g/mol. The average molecular weight is 708 g/mol. The van der Waals surface area contributed by atoms with E-state index in [9.17, 15) is 33.0 Å². The molecule has 2 aromatic rings. The van der Waals surface area contributed by atoms with Gasteiger partial charge in [-0.05, 0) is 72.4 Å². The smallest absolute Gasteiger partial charge is 0.475 e. The molecule has 0 aromatic heterocycles. The number of ketones is 1. The van der Waals surface area contributed by atoms with Crippen LogP contribution in [0.15, 0.2) is 36.4 Å². The molecule has 2 aliphatic rings. The van der Waals surface area contributed by atoms with E-state index >= 15 is 4.39 Å². The number of anilines is 1. The van der Waals surface area contributed by atoms with Crippen LogP contribution < -0.4 is 10.6 Å². The van der Waals surface area contributed by atoms with Gasteiger partial charge in [0.2, 0.25) is 5.91 Å². The molecule has 0 saturated carbocycles. The maximum atomic E-state index is 15.1. The third-order valence-electron chi connectivity index (χ3n) is 8.57. The highest BCUT2D eigenvalue weighted by Gasteiger charge is 2.65. The van der Waals surface area contributed by atoms with Gasteiger partial charge in [-0.1, -0.05) is 63.0 Å². The number of carboxylic acid groups (broad SMARTS) is 1. The van der Waals surface area contributed by atoms with E-state index < -0.39 is 47.5 Å². The molecule has 14 heteroatoms. The number of halogens is 6. The van der Waals surface area contributed by atoms with Crippen molar-refractivity contribution in [1.82, 2.24) is 5.32 Å². The summed E-state index contributed by atoms with van der Waals surface area (Å²) in [6, 6.07) is 8.66. The highest BCUT2D eigenvalue weighted by Crippen LogP contribution is 2.57. The largest absolute Gasteiger partial charge is 0.490 e. The number of hydrogen-bond donors (Lipinski definition) is 5. The Bertz CT molecular complexity index is 1470. The zero-order valence-corrected chi connectivity index (χ0v) is 27.9. The lowest BCUT2D eigenvalue weighted by molar-refractivity contribution is -0.192. The fourth-order valence-electron chi connectivity index (χ4n) is 7.07. The normalized spacial score (nSPS) is 22.9. The number of hydrogen-bond acceptors (Lipinski definition) is 6. The van der Waals surface area contributed by atoms with E-state index in [1.165, 1.54) is 12.1 Å². The molecule has 2 aromatic carbocycles. The Morgan fingerprint density at radius 3 is 2.30 bits per heavy atom. The molecule has 1 fully saturated rings. The minimum absolute atomic E-state index is 0.0897. The molecular weight excluding hydrogens is 667 g/mol. The predicted molar refractivity (Wildman–Crippen MR) is 170 cm³/mol. The summed E-state index contributed by atoms with van der Waals surface area (Å²) >= 11 is 12.6. The Morgan fingerprint density at radius 1 is 1.11 bits per heavy atom. The molecule has 1 spiro atoms. The van der Waals surface area contributed by atoms with E-state index in [0.717, 1.165) is 6.42 Å². The number of aliphatic hydroxyl groups excluding tert-OH is 2. The lowest BCUT2D eigenvalue weighted by Gasteiger charge is -2.39. The van der Waals surface area contributed by atoms with Crippen LogP contribution in [0.2, 0.25) is 10.0 Å². The van der Waals surface area contributed by atoms with Crippen LogP contribution >= 0.6 is 23.2 Å². The van der Waals surface area contributed by atoms with Crippen LogP contribution in [0.3, 0.4) is 0 Å². The second-order valence-electron chi connectivity index (χ2n) is 13.3. The second kappa shape index (κ2) is 15.2. The SMILES string of the molecule is CC(C)CC(C)(C)C[C@H]1N[C@@H](C(=O)CCC[C@H](O)CO)[C@H](c2cccc(Cl)c2)[C@@]12C(=O)Nc1cc(Cl)c(F)cc12.O=C(O)C(F)(F)F. The molecule has 2 aliphatic heterocycles. The summed E-state index contributed by atoms with van der Waals surface area (Å²) < 4.78 is 46.8. The van der Waals surface area contributed by atoms with Gasteiger partial charge in [-0.3, -0.25) is 9.59 Å². The molecule has 260 valence electrons.